The monoisotopic (exact) mass is 313 g/mol. The fourth-order valence-electron chi connectivity index (χ4n) is 2.22. The number of nitrogens with zero attached hydrogens (tertiary/aromatic N) is 2. The third-order valence-electron chi connectivity index (χ3n) is 3.42. The summed E-state index contributed by atoms with van der Waals surface area (Å²) >= 11 is 1.78. The van der Waals surface area contributed by atoms with Crippen molar-refractivity contribution in [1.29, 1.82) is 0 Å². The molecule has 1 aromatic carbocycles. The van der Waals surface area contributed by atoms with E-state index in [0.717, 1.165) is 18.2 Å². The number of rotatable bonds is 3. The Balaban J connectivity index is 2.34. The van der Waals surface area contributed by atoms with Crippen molar-refractivity contribution in [2.75, 3.05) is 24.6 Å². The Morgan fingerprint density at radius 3 is 2.95 bits per heavy atom. The molecule has 2 N–H and O–H groups in total. The molecule has 6 nitrogen and oxygen atoms in total. The van der Waals surface area contributed by atoms with Crippen LogP contribution in [0.15, 0.2) is 12.1 Å². The van der Waals surface area contributed by atoms with Crippen LogP contribution in [0.2, 0.25) is 0 Å². The summed E-state index contributed by atoms with van der Waals surface area (Å²) in [7, 11) is 0. The van der Waals surface area contributed by atoms with Crippen LogP contribution in [0.3, 0.4) is 0 Å². The molecule has 1 saturated heterocycles. The number of nitro benzene ring substituents is 1. The number of hydrogen-bond donors (Lipinski definition) is 1. The molecule has 0 radical (unpaired) electrons. The molecule has 0 bridgehead atoms. The number of thioether (sulfide) groups is 1. The average Bonchev–Trinajstić information content (AvgIpc) is 2.48. The lowest BCUT2D eigenvalue weighted by Crippen LogP contribution is -2.42. The van der Waals surface area contributed by atoms with E-state index >= 15 is 0 Å². The van der Waals surface area contributed by atoms with Crippen LogP contribution >= 0.6 is 11.8 Å². The van der Waals surface area contributed by atoms with Gasteiger partial charge in [-0.15, -0.1) is 0 Å². The van der Waals surface area contributed by atoms with Crippen LogP contribution in [0.5, 0.6) is 0 Å². The van der Waals surface area contributed by atoms with Gasteiger partial charge in [-0.25, -0.2) is 4.39 Å². The minimum Gasteiger partial charge on any atom is -0.396 e. The largest absolute Gasteiger partial charge is 0.396 e. The quantitative estimate of drug-likeness (QED) is 0.525. The summed E-state index contributed by atoms with van der Waals surface area (Å²) in [6.07, 6.45) is 0.919. The van der Waals surface area contributed by atoms with Crippen LogP contribution in [0, 0.1) is 15.9 Å². The maximum absolute atomic E-state index is 13.4. The molecule has 1 heterocycles. The molecule has 0 spiro atoms. The van der Waals surface area contributed by atoms with E-state index in [1.807, 2.05) is 6.92 Å². The molecule has 0 aromatic heterocycles. The molecule has 1 atom stereocenters. The lowest BCUT2D eigenvalue weighted by molar-refractivity contribution is -0.385. The molecule has 21 heavy (non-hydrogen) atoms. The summed E-state index contributed by atoms with van der Waals surface area (Å²) in [5, 5.41) is 11.3. The van der Waals surface area contributed by atoms with Crippen LogP contribution in [-0.2, 0) is 0 Å². The van der Waals surface area contributed by atoms with Gasteiger partial charge in [-0.3, -0.25) is 14.9 Å². The zero-order valence-corrected chi connectivity index (χ0v) is 12.4. The Hall–Kier alpha value is -1.83. The third kappa shape index (κ3) is 3.26. The van der Waals surface area contributed by atoms with Crippen molar-refractivity contribution < 1.29 is 14.1 Å². The van der Waals surface area contributed by atoms with E-state index in [9.17, 15) is 19.3 Å². The molecule has 1 fully saturated rings. The summed E-state index contributed by atoms with van der Waals surface area (Å²) < 4.78 is 13.4. The van der Waals surface area contributed by atoms with Gasteiger partial charge in [0.1, 0.15) is 5.56 Å². The van der Waals surface area contributed by atoms with E-state index in [2.05, 4.69) is 0 Å². The zero-order valence-electron chi connectivity index (χ0n) is 11.5. The highest BCUT2D eigenvalue weighted by molar-refractivity contribution is 8.00. The van der Waals surface area contributed by atoms with Gasteiger partial charge in [-0.2, -0.15) is 11.8 Å². The highest BCUT2D eigenvalue weighted by Crippen LogP contribution is 2.28. The third-order valence-corrected chi connectivity index (χ3v) is 4.80. The van der Waals surface area contributed by atoms with Gasteiger partial charge < -0.3 is 10.6 Å². The highest BCUT2D eigenvalue weighted by atomic mass is 32.2. The van der Waals surface area contributed by atoms with Gasteiger partial charge in [0.15, 0.2) is 5.82 Å². The minimum atomic E-state index is -0.890. The number of halogens is 1. The second-order valence-corrected chi connectivity index (χ2v) is 6.21. The Labute approximate surface area is 125 Å². The fraction of sp³-hybridized carbons (Fsp3) is 0.462. The summed E-state index contributed by atoms with van der Waals surface area (Å²) in [5.74, 6) is -0.569. The van der Waals surface area contributed by atoms with Crippen molar-refractivity contribution >= 4 is 29.0 Å². The predicted molar refractivity (Wildman–Crippen MR) is 79.9 cm³/mol. The van der Waals surface area contributed by atoms with E-state index in [0.29, 0.717) is 24.4 Å². The normalized spacial score (nSPS) is 18.6. The van der Waals surface area contributed by atoms with Gasteiger partial charge in [-0.05, 0) is 12.5 Å². The van der Waals surface area contributed by atoms with Crippen LogP contribution < -0.4 is 5.73 Å². The van der Waals surface area contributed by atoms with Crippen LogP contribution in [-0.4, -0.2) is 39.8 Å². The number of carbonyl (C=O) groups excluding carboxylic acids is 1. The van der Waals surface area contributed by atoms with E-state index in [4.69, 9.17) is 5.73 Å². The lowest BCUT2D eigenvalue weighted by Gasteiger charge is -2.31. The van der Waals surface area contributed by atoms with Gasteiger partial charge in [-0.1, -0.05) is 6.92 Å². The van der Waals surface area contributed by atoms with E-state index in [-0.39, 0.29) is 11.3 Å². The van der Waals surface area contributed by atoms with Gasteiger partial charge in [0.25, 0.3) is 11.6 Å². The molecule has 0 aliphatic carbocycles. The van der Waals surface area contributed by atoms with Crippen LogP contribution in [0.4, 0.5) is 15.8 Å². The molecule has 1 aliphatic rings. The summed E-state index contributed by atoms with van der Waals surface area (Å²) in [5.41, 5.74) is 4.48. The van der Waals surface area contributed by atoms with Crippen molar-refractivity contribution in [3.8, 4) is 0 Å². The van der Waals surface area contributed by atoms with Crippen molar-refractivity contribution in [2.24, 2.45) is 0 Å². The number of anilines is 1. The van der Waals surface area contributed by atoms with Crippen LogP contribution in [0.25, 0.3) is 0 Å². The van der Waals surface area contributed by atoms with Gasteiger partial charge in [0.05, 0.1) is 16.7 Å². The van der Waals surface area contributed by atoms with E-state index in [1.165, 1.54) is 0 Å². The standard InChI is InChI=1S/C13H16FN3O3S/c1-2-8-7-16(3-4-21-8)13(18)9-5-11(15)10(14)6-12(9)17(19)20/h5-6,8H,2-4,7,15H2,1H3. The number of nitro groups is 1. The first-order valence-corrected chi connectivity index (χ1v) is 7.63. The van der Waals surface area contributed by atoms with E-state index in [1.54, 1.807) is 16.7 Å². The molecule has 1 aromatic rings. The number of benzene rings is 1. The summed E-state index contributed by atoms with van der Waals surface area (Å²) in [6, 6.07) is 1.76. The number of carbonyl (C=O) groups is 1. The molecule has 0 saturated carbocycles. The van der Waals surface area contributed by atoms with Crippen LogP contribution in [0.1, 0.15) is 23.7 Å². The molecular weight excluding hydrogens is 297 g/mol. The number of hydrogen-bond acceptors (Lipinski definition) is 5. The SMILES string of the molecule is CCC1CN(C(=O)c2cc(N)c(F)cc2[N+](=O)[O-])CCS1. The Kier molecular flexibility index (Phi) is 4.66. The topological polar surface area (TPSA) is 89.5 Å². The Bertz CT molecular complexity index is 582. The first-order chi connectivity index (χ1) is 9.93. The maximum atomic E-state index is 13.4. The zero-order chi connectivity index (χ0) is 15.6. The molecule has 1 aliphatic heterocycles. The Morgan fingerprint density at radius 2 is 2.33 bits per heavy atom. The number of nitrogen functional groups attached to an aromatic ring is 1. The first kappa shape index (κ1) is 15.6. The molecular formula is C13H16FN3O3S. The Morgan fingerprint density at radius 1 is 1.62 bits per heavy atom. The smallest absolute Gasteiger partial charge is 0.285 e. The second kappa shape index (κ2) is 6.30. The van der Waals surface area contributed by atoms with Gasteiger partial charge >= 0.3 is 0 Å². The van der Waals surface area contributed by atoms with Crippen molar-refractivity contribution in [2.45, 2.75) is 18.6 Å². The van der Waals surface area contributed by atoms with E-state index < -0.39 is 22.3 Å². The molecule has 114 valence electrons. The van der Waals surface area contributed by atoms with Crippen molar-refractivity contribution in [3.63, 3.8) is 0 Å². The minimum absolute atomic E-state index is 0.152. The second-order valence-electron chi connectivity index (χ2n) is 4.80. The summed E-state index contributed by atoms with van der Waals surface area (Å²) in [6.45, 7) is 3.09. The molecule has 8 heteroatoms. The first-order valence-electron chi connectivity index (χ1n) is 6.58. The number of nitrogens with two attached hydrogens (primary N) is 1. The highest BCUT2D eigenvalue weighted by Gasteiger charge is 2.29. The fourth-order valence-corrected chi connectivity index (χ4v) is 3.40. The molecule has 1 unspecified atom stereocenters. The lowest BCUT2D eigenvalue weighted by atomic mass is 10.1. The average molecular weight is 313 g/mol. The predicted octanol–water partition coefficient (Wildman–Crippen LogP) is 2.28. The van der Waals surface area contributed by atoms with Gasteiger partial charge in [0, 0.05) is 24.1 Å². The van der Waals surface area contributed by atoms with Crippen molar-refractivity contribution in [1.82, 2.24) is 4.90 Å². The van der Waals surface area contributed by atoms with Gasteiger partial charge in [0.2, 0.25) is 0 Å². The molecule has 1 amide bonds. The molecule has 2 rings (SSSR count). The maximum Gasteiger partial charge on any atom is 0.285 e. The number of amides is 1. The van der Waals surface area contributed by atoms with Crippen molar-refractivity contribution in [3.05, 3.63) is 33.6 Å². The summed E-state index contributed by atoms with van der Waals surface area (Å²) in [4.78, 5) is 24.3.